The van der Waals surface area contributed by atoms with Gasteiger partial charge in [-0.25, -0.2) is 8.42 Å². The summed E-state index contributed by atoms with van der Waals surface area (Å²) < 4.78 is 24.9. The fourth-order valence-electron chi connectivity index (χ4n) is 2.65. The van der Waals surface area contributed by atoms with Crippen LogP contribution in [0.2, 0.25) is 5.02 Å². The zero-order valence-corrected chi connectivity index (χ0v) is 17.4. The highest BCUT2D eigenvalue weighted by atomic mass is 35.5. The Kier molecular flexibility index (Phi) is 5.88. The van der Waals surface area contributed by atoms with Gasteiger partial charge in [0.25, 0.3) is 5.91 Å². The Morgan fingerprint density at radius 1 is 1.30 bits per heavy atom. The number of aryl methyl sites for hydroxylation is 1. The third-order valence-corrected chi connectivity index (χ3v) is 7.32. The molecule has 1 amide bonds. The average Bonchev–Trinajstić information content (AvgIpc) is 3.18. The molecule has 0 atom stereocenters. The van der Waals surface area contributed by atoms with Gasteiger partial charge in [-0.1, -0.05) is 30.7 Å². The molecule has 0 aliphatic heterocycles. The first kappa shape index (κ1) is 19.9. The van der Waals surface area contributed by atoms with Gasteiger partial charge < -0.3 is 5.32 Å². The maximum Gasteiger partial charge on any atom is 0.261 e. The van der Waals surface area contributed by atoms with Gasteiger partial charge in [0.2, 0.25) is 0 Å². The molecule has 1 N–H and O–H groups in total. The molecule has 1 aromatic carbocycles. The van der Waals surface area contributed by atoms with Crippen LogP contribution in [0, 0.1) is 6.92 Å². The zero-order valence-electron chi connectivity index (χ0n) is 15.0. The number of amides is 1. The number of sulfone groups is 1. The van der Waals surface area contributed by atoms with Crippen molar-refractivity contribution in [2.24, 2.45) is 0 Å². The summed E-state index contributed by atoms with van der Waals surface area (Å²) in [5.41, 5.74) is 1.91. The van der Waals surface area contributed by atoms with Crippen LogP contribution in [-0.2, 0) is 16.4 Å². The molecule has 0 unspecified atom stereocenters. The maximum absolute atomic E-state index is 12.4. The third-order valence-electron chi connectivity index (χ3n) is 4.22. The predicted molar refractivity (Wildman–Crippen MR) is 110 cm³/mol. The van der Waals surface area contributed by atoms with Crippen LogP contribution in [-0.4, -0.2) is 42.2 Å². The minimum atomic E-state index is -3.10. The SMILES string of the molecule is CCS(=O)(=O)CCNC(=O)c1cc2c(C)nn(Cc3ccc(Cl)cc3)c2s1. The van der Waals surface area contributed by atoms with Crippen molar-refractivity contribution in [3.63, 3.8) is 0 Å². The lowest BCUT2D eigenvalue weighted by molar-refractivity contribution is 0.0960. The van der Waals surface area contributed by atoms with Crippen LogP contribution in [0.25, 0.3) is 10.2 Å². The highest BCUT2D eigenvalue weighted by Crippen LogP contribution is 2.29. The van der Waals surface area contributed by atoms with Crippen molar-refractivity contribution in [3.05, 3.63) is 51.5 Å². The quantitative estimate of drug-likeness (QED) is 0.629. The second-order valence-electron chi connectivity index (χ2n) is 6.19. The highest BCUT2D eigenvalue weighted by molar-refractivity contribution is 7.91. The number of carbonyl (C=O) groups is 1. The Bertz CT molecular complexity index is 1070. The fraction of sp³-hybridized carbons (Fsp3) is 0.333. The Morgan fingerprint density at radius 2 is 2.00 bits per heavy atom. The number of benzene rings is 1. The van der Waals surface area contributed by atoms with Gasteiger partial charge in [0, 0.05) is 22.7 Å². The number of rotatable bonds is 7. The fourth-order valence-corrected chi connectivity index (χ4v) is 4.55. The number of aromatic nitrogens is 2. The first-order valence-corrected chi connectivity index (χ1v) is 11.5. The molecule has 144 valence electrons. The average molecular weight is 426 g/mol. The molecule has 6 nitrogen and oxygen atoms in total. The Morgan fingerprint density at radius 3 is 2.67 bits per heavy atom. The maximum atomic E-state index is 12.4. The smallest absolute Gasteiger partial charge is 0.261 e. The van der Waals surface area contributed by atoms with E-state index in [4.69, 9.17) is 11.6 Å². The summed E-state index contributed by atoms with van der Waals surface area (Å²) in [6, 6.07) is 9.37. The summed E-state index contributed by atoms with van der Waals surface area (Å²) in [6.45, 7) is 4.19. The molecule has 0 spiro atoms. The van der Waals surface area contributed by atoms with E-state index in [9.17, 15) is 13.2 Å². The van der Waals surface area contributed by atoms with Crippen molar-refractivity contribution in [2.75, 3.05) is 18.1 Å². The second kappa shape index (κ2) is 8.00. The number of hydrogen-bond donors (Lipinski definition) is 1. The summed E-state index contributed by atoms with van der Waals surface area (Å²) in [4.78, 5) is 13.8. The summed E-state index contributed by atoms with van der Waals surface area (Å²) >= 11 is 7.28. The summed E-state index contributed by atoms with van der Waals surface area (Å²) in [5.74, 6) is -0.241. The number of hydrogen-bond acceptors (Lipinski definition) is 5. The van der Waals surface area contributed by atoms with Gasteiger partial charge in [0.1, 0.15) is 4.83 Å². The molecule has 0 saturated heterocycles. The number of nitrogens with one attached hydrogen (secondary N) is 1. The lowest BCUT2D eigenvalue weighted by atomic mass is 10.2. The van der Waals surface area contributed by atoms with E-state index in [1.165, 1.54) is 11.3 Å². The standard InChI is InChI=1S/C18H20ClN3O3S2/c1-3-27(24,25)9-8-20-17(23)16-10-15-12(2)21-22(18(15)26-16)11-13-4-6-14(19)7-5-13/h4-7,10H,3,8-9,11H2,1-2H3,(H,20,23). The molecule has 0 radical (unpaired) electrons. The van der Waals surface area contributed by atoms with Crippen molar-refractivity contribution in [1.29, 1.82) is 0 Å². The Hall–Kier alpha value is -1.90. The molecule has 27 heavy (non-hydrogen) atoms. The van der Waals surface area contributed by atoms with Crippen LogP contribution in [0.1, 0.15) is 27.9 Å². The zero-order chi connectivity index (χ0) is 19.6. The molecule has 0 fully saturated rings. The van der Waals surface area contributed by atoms with Crippen molar-refractivity contribution in [1.82, 2.24) is 15.1 Å². The Labute approximate surface area is 167 Å². The first-order valence-electron chi connectivity index (χ1n) is 8.49. The van der Waals surface area contributed by atoms with E-state index in [1.807, 2.05) is 41.9 Å². The molecule has 0 bridgehead atoms. The Balaban J connectivity index is 1.77. The van der Waals surface area contributed by atoms with Gasteiger partial charge in [-0.15, -0.1) is 11.3 Å². The summed E-state index contributed by atoms with van der Waals surface area (Å²) in [5, 5.41) is 8.85. The van der Waals surface area contributed by atoms with Gasteiger partial charge in [-0.2, -0.15) is 5.10 Å². The molecule has 2 heterocycles. The number of thiophene rings is 1. The molecule has 0 aliphatic rings. The van der Waals surface area contributed by atoms with Crippen LogP contribution < -0.4 is 5.32 Å². The van der Waals surface area contributed by atoms with E-state index in [2.05, 4.69) is 10.4 Å². The molecule has 2 aromatic heterocycles. The van der Waals surface area contributed by atoms with Gasteiger partial charge in [0.15, 0.2) is 9.84 Å². The topological polar surface area (TPSA) is 81.1 Å². The van der Waals surface area contributed by atoms with Crippen LogP contribution >= 0.6 is 22.9 Å². The van der Waals surface area contributed by atoms with Crippen LogP contribution in [0.3, 0.4) is 0 Å². The number of carbonyl (C=O) groups excluding carboxylic acids is 1. The van der Waals surface area contributed by atoms with E-state index in [0.29, 0.717) is 16.4 Å². The summed E-state index contributed by atoms with van der Waals surface area (Å²) in [6.07, 6.45) is 0. The second-order valence-corrected chi connectivity index (χ2v) is 10.1. The normalized spacial score (nSPS) is 11.8. The minimum Gasteiger partial charge on any atom is -0.350 e. The van der Waals surface area contributed by atoms with Gasteiger partial charge >= 0.3 is 0 Å². The van der Waals surface area contributed by atoms with Gasteiger partial charge in [0.05, 0.1) is 22.9 Å². The van der Waals surface area contributed by atoms with Crippen molar-refractivity contribution >= 4 is 48.9 Å². The first-order chi connectivity index (χ1) is 12.8. The molecule has 3 aromatic rings. The third kappa shape index (κ3) is 4.69. The molecule has 0 aliphatic carbocycles. The lowest BCUT2D eigenvalue weighted by Gasteiger charge is -2.04. The van der Waals surface area contributed by atoms with Crippen LogP contribution in [0.5, 0.6) is 0 Å². The monoisotopic (exact) mass is 425 g/mol. The van der Waals surface area contributed by atoms with Crippen molar-refractivity contribution in [3.8, 4) is 0 Å². The number of fused-ring (bicyclic) bond motifs is 1. The van der Waals surface area contributed by atoms with E-state index in [1.54, 1.807) is 6.92 Å². The van der Waals surface area contributed by atoms with Crippen molar-refractivity contribution < 1.29 is 13.2 Å². The largest absolute Gasteiger partial charge is 0.350 e. The van der Waals surface area contributed by atoms with E-state index in [0.717, 1.165) is 21.5 Å². The van der Waals surface area contributed by atoms with E-state index < -0.39 is 9.84 Å². The molecular formula is C18H20ClN3O3S2. The van der Waals surface area contributed by atoms with Crippen LogP contribution in [0.4, 0.5) is 0 Å². The minimum absolute atomic E-state index is 0.0521. The molecule has 3 rings (SSSR count). The van der Waals surface area contributed by atoms with Crippen LogP contribution in [0.15, 0.2) is 30.3 Å². The van der Waals surface area contributed by atoms with E-state index in [-0.39, 0.29) is 24.0 Å². The van der Waals surface area contributed by atoms with Gasteiger partial charge in [-0.3, -0.25) is 9.48 Å². The number of nitrogens with zero attached hydrogens (tertiary/aromatic N) is 2. The molecule has 0 saturated carbocycles. The van der Waals surface area contributed by atoms with Crippen molar-refractivity contribution in [2.45, 2.75) is 20.4 Å². The molecule has 9 heteroatoms. The molecular weight excluding hydrogens is 406 g/mol. The number of halogens is 1. The highest BCUT2D eigenvalue weighted by Gasteiger charge is 2.17. The van der Waals surface area contributed by atoms with Gasteiger partial charge in [-0.05, 0) is 30.7 Å². The lowest BCUT2D eigenvalue weighted by Crippen LogP contribution is -2.29. The van der Waals surface area contributed by atoms with E-state index >= 15 is 0 Å². The predicted octanol–water partition coefficient (Wildman–Crippen LogP) is 3.27. The summed E-state index contributed by atoms with van der Waals surface area (Å²) in [7, 11) is -3.10.